The van der Waals surface area contributed by atoms with Crippen LogP contribution in [0.2, 0.25) is 0 Å². The van der Waals surface area contributed by atoms with Crippen molar-refractivity contribution < 1.29 is 38.2 Å². The monoisotopic (exact) mass is 1300 g/mol. The average Bonchev–Trinajstić information content (AvgIpc) is 0.746. The number of hydrogen-bond acceptors (Lipinski definition) is 8. The van der Waals surface area contributed by atoms with Gasteiger partial charge in [-0.25, -0.2) is 9.59 Å². The van der Waals surface area contributed by atoms with Gasteiger partial charge in [-0.3, -0.25) is 29.0 Å². The number of fused-ring (bicyclic) bond motifs is 12. The average molecular weight is 1300 g/mol. The van der Waals surface area contributed by atoms with Crippen molar-refractivity contribution in [2.75, 3.05) is 26.2 Å². The molecule has 12 nitrogen and oxygen atoms in total. The van der Waals surface area contributed by atoms with Crippen molar-refractivity contribution in [3.63, 3.8) is 0 Å². The molecule has 0 unspecified atom stereocenters. The Morgan fingerprint density at radius 3 is 1.18 bits per heavy atom. The number of benzene rings is 5. The van der Waals surface area contributed by atoms with Gasteiger partial charge in [-0.2, -0.15) is 0 Å². The summed E-state index contributed by atoms with van der Waals surface area (Å²) in [7, 11) is 0. The molecule has 0 radical (unpaired) electrons. The Hall–Kier alpha value is -6.30. The van der Waals surface area contributed by atoms with E-state index in [9.17, 15) is 28.8 Å². The largest absolute Gasteiger partial charge is 0.446 e. The lowest BCUT2D eigenvalue weighted by Gasteiger charge is -2.58. The fourth-order valence-electron chi connectivity index (χ4n) is 24.2. The number of alkyl carbamates (subject to hydrolysis) is 2. The van der Waals surface area contributed by atoms with Crippen LogP contribution < -0.4 is 10.6 Å². The second-order valence-electron chi connectivity index (χ2n) is 34.6. The van der Waals surface area contributed by atoms with Crippen LogP contribution in [0.25, 0.3) is 43.1 Å². The van der Waals surface area contributed by atoms with Crippen molar-refractivity contribution in [2.24, 2.45) is 92.7 Å². The molecule has 6 fully saturated rings. The number of carbonyl (C=O) groups is 6. The van der Waals surface area contributed by atoms with Crippen LogP contribution in [0.1, 0.15) is 252 Å². The lowest BCUT2D eigenvalue weighted by molar-refractivity contribution is -0.0581. The second kappa shape index (κ2) is 24.8. The van der Waals surface area contributed by atoms with Gasteiger partial charge in [0.05, 0.1) is 0 Å². The highest BCUT2D eigenvalue weighted by Gasteiger charge is 2.61. The number of ether oxygens (including phenoxy) is 2. The minimum atomic E-state index is -0.525. The van der Waals surface area contributed by atoms with Gasteiger partial charge >= 0.3 is 12.2 Å². The molecule has 5 aromatic rings. The number of allylic oxidation sites excluding steroid dienone is 2. The van der Waals surface area contributed by atoms with E-state index in [-0.39, 0.29) is 49.2 Å². The molecule has 0 aromatic heterocycles. The Morgan fingerprint density at radius 2 is 0.823 bits per heavy atom. The normalized spacial score (nSPS) is 33.6. The fourth-order valence-corrected chi connectivity index (χ4v) is 24.2. The predicted octanol–water partition coefficient (Wildman–Crippen LogP) is 19.2. The Kier molecular flexibility index (Phi) is 17.0. The molecule has 2 aliphatic heterocycles. The van der Waals surface area contributed by atoms with Gasteiger partial charge in [-0.15, -0.1) is 0 Å². The third kappa shape index (κ3) is 10.6. The molecular formula is C84H108N4O8. The van der Waals surface area contributed by atoms with Gasteiger partial charge in [0.1, 0.15) is 12.2 Å². The number of hydrogen-bond donors (Lipinski definition) is 2. The molecule has 512 valence electrons. The van der Waals surface area contributed by atoms with Gasteiger partial charge in [-0.1, -0.05) is 155 Å². The first-order chi connectivity index (χ1) is 46.0. The Balaban J connectivity index is 0.557. The minimum Gasteiger partial charge on any atom is -0.446 e. The zero-order chi connectivity index (χ0) is 67.1. The summed E-state index contributed by atoms with van der Waals surface area (Å²) in [6.45, 7) is 24.9. The zero-order valence-electron chi connectivity index (χ0n) is 59.4. The summed E-state index contributed by atoms with van der Waals surface area (Å²) in [5, 5.41) is 11.7. The first-order valence-corrected chi connectivity index (χ1v) is 38.2. The molecule has 5 aromatic carbocycles. The highest BCUT2D eigenvalue weighted by atomic mass is 16.6. The molecular weight excluding hydrogens is 1190 g/mol. The molecule has 96 heavy (non-hydrogen) atoms. The van der Waals surface area contributed by atoms with Crippen molar-refractivity contribution in [1.29, 1.82) is 0 Å². The molecule has 2 heterocycles. The number of rotatable bonds is 18. The Morgan fingerprint density at radius 1 is 0.458 bits per heavy atom. The Bertz CT molecular complexity index is 3650. The summed E-state index contributed by atoms with van der Waals surface area (Å²) < 4.78 is 12.3. The molecule has 15 rings (SSSR count). The predicted molar refractivity (Wildman–Crippen MR) is 381 cm³/mol. The van der Waals surface area contributed by atoms with Gasteiger partial charge in [0.25, 0.3) is 23.6 Å². The van der Waals surface area contributed by atoms with Crippen LogP contribution in [0.4, 0.5) is 9.59 Å². The summed E-state index contributed by atoms with van der Waals surface area (Å²) in [4.78, 5) is 87.4. The van der Waals surface area contributed by atoms with Crippen LogP contribution in [-0.4, -0.2) is 84.0 Å². The number of amides is 6. The molecule has 6 amide bonds. The van der Waals surface area contributed by atoms with Crippen molar-refractivity contribution in [1.82, 2.24) is 20.4 Å². The highest BCUT2D eigenvalue weighted by Crippen LogP contribution is 2.69. The van der Waals surface area contributed by atoms with E-state index in [2.05, 4.69) is 92.0 Å². The summed E-state index contributed by atoms with van der Waals surface area (Å²) >= 11 is 0. The zero-order valence-corrected chi connectivity index (χ0v) is 59.4. The first-order valence-electron chi connectivity index (χ1n) is 38.2. The van der Waals surface area contributed by atoms with E-state index in [0.717, 1.165) is 143 Å². The molecule has 0 saturated heterocycles. The maximum Gasteiger partial charge on any atom is 0.407 e. The molecule has 8 aliphatic carbocycles. The van der Waals surface area contributed by atoms with Crippen LogP contribution >= 0.6 is 0 Å². The Labute approximate surface area is 570 Å². The molecule has 12 heteroatoms. The van der Waals surface area contributed by atoms with Crippen molar-refractivity contribution >= 4 is 78.9 Å². The SMILES string of the molecule is CC(C)CCC[C@@H](C)[C@H]1CC[C@H]2[C@@H]3CC=C4C[C@@H](OC(=O)NCCN5C(=O)c6ccc7c8ccc9c%10c(ccc(c%11ccc(c6c7%11)C5=O)c%108)C(=O)N(CCNC(=O)O[C@H]5CC[C@@]6(C)C(=CC[C@H]7[C@@H]8CC[C@H]([C@H](C)CCCC(C)C)[C@@]8(C)CC[C@@H]76)C5)C9=O)CC[C@]4(C)[C@H]3CC[C@]12C. The first kappa shape index (κ1) is 65.6. The van der Waals surface area contributed by atoms with Crippen molar-refractivity contribution in [2.45, 2.75) is 223 Å². The second-order valence-corrected chi connectivity index (χ2v) is 34.6. The summed E-state index contributed by atoms with van der Waals surface area (Å²) in [6.07, 6.45) is 29.9. The van der Waals surface area contributed by atoms with Crippen molar-refractivity contribution in [3.8, 4) is 0 Å². The lowest BCUT2D eigenvalue weighted by atomic mass is 9.47. The van der Waals surface area contributed by atoms with Crippen molar-refractivity contribution in [3.05, 3.63) is 94.1 Å². The molecule has 16 atom stereocenters. The van der Waals surface area contributed by atoms with Gasteiger partial charge in [-0.05, 0) is 239 Å². The van der Waals surface area contributed by atoms with Gasteiger partial charge in [0.2, 0.25) is 0 Å². The highest BCUT2D eigenvalue weighted by molar-refractivity contribution is 6.41. The van der Waals surface area contributed by atoms with Gasteiger partial charge in [0, 0.05) is 72.0 Å². The smallest absolute Gasteiger partial charge is 0.407 e. The topological polar surface area (TPSA) is 151 Å². The van der Waals surface area contributed by atoms with E-state index in [4.69, 9.17) is 9.47 Å². The third-order valence-corrected chi connectivity index (χ3v) is 29.1. The van der Waals surface area contributed by atoms with E-state index in [1.807, 2.05) is 24.3 Å². The van der Waals surface area contributed by atoms with Gasteiger partial charge in [0.15, 0.2) is 0 Å². The number of imide groups is 2. The number of carbonyl (C=O) groups excluding carboxylic acids is 6. The van der Waals surface area contributed by atoms with Crippen LogP contribution in [0, 0.1) is 92.7 Å². The van der Waals surface area contributed by atoms with Crippen LogP contribution in [0.3, 0.4) is 0 Å². The van der Waals surface area contributed by atoms with E-state index >= 15 is 0 Å². The van der Waals surface area contributed by atoms with Crippen LogP contribution in [-0.2, 0) is 9.47 Å². The molecule has 0 bridgehead atoms. The third-order valence-electron chi connectivity index (χ3n) is 29.1. The molecule has 6 saturated carbocycles. The summed E-state index contributed by atoms with van der Waals surface area (Å²) in [5.74, 6) is 7.45. The summed E-state index contributed by atoms with van der Waals surface area (Å²) in [5.41, 5.74) is 5.68. The lowest BCUT2D eigenvalue weighted by Crippen LogP contribution is -2.51. The maximum absolute atomic E-state index is 14.5. The van der Waals surface area contributed by atoms with E-state index in [1.165, 1.54) is 111 Å². The maximum atomic E-state index is 14.5. The molecule has 0 spiro atoms. The molecule has 2 N–H and O–H groups in total. The standard InChI is InChI=1S/C84H108N4O8/c1-47(2)13-11-15-49(5)65-29-31-67-59-19-17-51-45-53(33-37-81(51,7)69(59)35-39-83(65,67)9)95-79(93)85-41-43-87-75(89)61-25-21-55-57-23-27-63-74-64(28-24-58(72(57)74)56-22-26-62(76(87)90)73(61)71(55)56)78(92)88(77(63)91)44-42-86-80(94)96-54-34-38-82(8)52(46-54)18-20-60-68-32-30-66(50(6)16-12-14-48(3)4)84(68,10)40-36-70(60)82/h17-18,21-28,47-50,53-54,59-60,65-70H,11-16,19-20,29-46H2,1-10H3,(H,85,93)(H,86,94)/t49-,50-,53+,54+,59+,60+,65-,66-,67+,68+,69+,70+,81+,82+,83-,84-/m1/s1. The van der Waals surface area contributed by atoms with Crippen LogP contribution in [0.15, 0.2) is 71.8 Å². The van der Waals surface area contributed by atoms with E-state index < -0.39 is 35.8 Å². The van der Waals surface area contributed by atoms with E-state index in [1.54, 1.807) is 24.3 Å². The molecule has 10 aliphatic rings. The van der Waals surface area contributed by atoms with Gasteiger partial charge < -0.3 is 20.1 Å². The van der Waals surface area contributed by atoms with E-state index in [0.29, 0.717) is 55.7 Å². The van der Waals surface area contributed by atoms with Crippen LogP contribution in [0.5, 0.6) is 0 Å². The summed E-state index contributed by atoms with van der Waals surface area (Å²) in [6, 6.07) is 14.7. The minimum absolute atomic E-state index is 0.0169. The number of nitrogens with one attached hydrogen (secondary N) is 2. The quantitative estimate of drug-likeness (QED) is 0.0381. The fraction of sp³-hybridized carbons (Fsp3) is 0.643. The number of nitrogens with zero attached hydrogens (tertiary/aromatic N) is 2.